The summed E-state index contributed by atoms with van der Waals surface area (Å²) in [5, 5.41) is 1.18. The molecule has 0 unspecified atom stereocenters. The van der Waals surface area contributed by atoms with Crippen LogP contribution in [0.15, 0.2) is 30.5 Å². The maximum atomic E-state index is 12.6. The fourth-order valence-electron chi connectivity index (χ4n) is 3.52. The topological polar surface area (TPSA) is 59.6 Å². The van der Waals surface area contributed by atoms with Crippen LogP contribution >= 0.6 is 0 Å². The van der Waals surface area contributed by atoms with Gasteiger partial charge in [-0.25, -0.2) is 0 Å². The minimum atomic E-state index is -0.0506. The molecule has 2 amide bonds. The van der Waals surface area contributed by atoms with Crippen molar-refractivity contribution in [3.63, 3.8) is 0 Å². The molecule has 2 heterocycles. The van der Waals surface area contributed by atoms with Gasteiger partial charge in [-0.15, -0.1) is 0 Å². The molecule has 1 aliphatic rings. The number of fused-ring (bicyclic) bond motifs is 1. The fraction of sp³-hybridized carbons (Fsp3) is 0.500. The molecule has 1 aromatic heterocycles. The molecule has 0 saturated carbocycles. The SMILES string of the molecule is CCN1CCN(C(=O)CN(CCc2c[nH]c3ccccc23)C(C)=O)CC1. The number of hydrogen-bond donors (Lipinski definition) is 1. The highest BCUT2D eigenvalue weighted by atomic mass is 16.2. The predicted molar refractivity (Wildman–Crippen MR) is 103 cm³/mol. The van der Waals surface area contributed by atoms with Gasteiger partial charge in [0.05, 0.1) is 6.54 Å². The lowest BCUT2D eigenvalue weighted by atomic mass is 10.1. The number of hydrogen-bond acceptors (Lipinski definition) is 3. The highest BCUT2D eigenvalue weighted by molar-refractivity contribution is 5.85. The Balaban J connectivity index is 1.57. The standard InChI is InChI=1S/C20H28N4O2/c1-3-22-10-12-23(13-11-22)20(26)15-24(16(2)25)9-8-17-14-21-19-7-5-4-6-18(17)19/h4-7,14,21H,3,8-13,15H2,1-2H3. The van der Waals surface area contributed by atoms with Crippen LogP contribution in [0.3, 0.4) is 0 Å². The number of para-hydroxylation sites is 1. The molecule has 26 heavy (non-hydrogen) atoms. The molecule has 6 nitrogen and oxygen atoms in total. The Morgan fingerprint density at radius 2 is 1.88 bits per heavy atom. The molecule has 1 fully saturated rings. The van der Waals surface area contributed by atoms with Crippen molar-refractivity contribution in [1.82, 2.24) is 19.7 Å². The number of nitrogens with one attached hydrogen (secondary N) is 1. The van der Waals surface area contributed by atoms with Crippen LogP contribution in [0.1, 0.15) is 19.4 Å². The Morgan fingerprint density at radius 3 is 2.58 bits per heavy atom. The van der Waals surface area contributed by atoms with Crippen LogP contribution in [0.5, 0.6) is 0 Å². The van der Waals surface area contributed by atoms with Crippen LogP contribution < -0.4 is 0 Å². The van der Waals surface area contributed by atoms with Crippen LogP contribution in [-0.4, -0.2) is 77.3 Å². The van der Waals surface area contributed by atoms with Crippen molar-refractivity contribution in [2.75, 3.05) is 45.8 Å². The van der Waals surface area contributed by atoms with Gasteiger partial charge in [-0.2, -0.15) is 0 Å². The molecule has 1 saturated heterocycles. The number of benzene rings is 1. The van der Waals surface area contributed by atoms with Gasteiger partial charge >= 0.3 is 0 Å². The number of rotatable bonds is 6. The minimum Gasteiger partial charge on any atom is -0.361 e. The molecular weight excluding hydrogens is 328 g/mol. The molecule has 0 radical (unpaired) electrons. The van der Waals surface area contributed by atoms with Crippen LogP contribution in [0.25, 0.3) is 10.9 Å². The van der Waals surface area contributed by atoms with Gasteiger partial charge in [-0.05, 0) is 24.6 Å². The van der Waals surface area contributed by atoms with Crippen molar-refractivity contribution in [2.24, 2.45) is 0 Å². The van der Waals surface area contributed by atoms with Crippen LogP contribution in [0.4, 0.5) is 0 Å². The van der Waals surface area contributed by atoms with E-state index in [4.69, 9.17) is 0 Å². The zero-order valence-electron chi connectivity index (χ0n) is 15.7. The van der Waals surface area contributed by atoms with Gasteiger partial charge in [-0.3, -0.25) is 9.59 Å². The first kappa shape index (κ1) is 18.5. The summed E-state index contributed by atoms with van der Waals surface area (Å²) >= 11 is 0. The van der Waals surface area contributed by atoms with E-state index in [9.17, 15) is 9.59 Å². The number of carbonyl (C=O) groups is 2. The summed E-state index contributed by atoms with van der Waals surface area (Å²) < 4.78 is 0. The van der Waals surface area contributed by atoms with E-state index in [0.717, 1.165) is 44.7 Å². The Bertz CT molecular complexity index is 762. The molecule has 3 rings (SSSR count). The van der Waals surface area contributed by atoms with E-state index >= 15 is 0 Å². The largest absolute Gasteiger partial charge is 0.361 e. The number of aromatic nitrogens is 1. The maximum absolute atomic E-state index is 12.6. The third-order valence-corrected chi connectivity index (χ3v) is 5.27. The normalized spacial score (nSPS) is 15.4. The van der Waals surface area contributed by atoms with E-state index in [-0.39, 0.29) is 18.4 Å². The number of H-pyrrole nitrogens is 1. The molecule has 0 bridgehead atoms. The molecular formula is C20H28N4O2. The van der Waals surface area contributed by atoms with Crippen molar-refractivity contribution < 1.29 is 9.59 Å². The van der Waals surface area contributed by atoms with Crippen molar-refractivity contribution in [1.29, 1.82) is 0 Å². The summed E-state index contributed by atoms with van der Waals surface area (Å²) in [6, 6.07) is 8.14. The molecule has 140 valence electrons. The average molecular weight is 356 g/mol. The van der Waals surface area contributed by atoms with Crippen molar-refractivity contribution in [2.45, 2.75) is 20.3 Å². The first-order chi connectivity index (χ1) is 12.6. The quantitative estimate of drug-likeness (QED) is 0.857. The minimum absolute atomic E-state index is 0.0506. The first-order valence-electron chi connectivity index (χ1n) is 9.39. The molecule has 1 N–H and O–H groups in total. The summed E-state index contributed by atoms with van der Waals surface area (Å²) in [4.78, 5) is 33.8. The van der Waals surface area contributed by atoms with Gasteiger partial charge in [0.2, 0.25) is 11.8 Å². The van der Waals surface area contributed by atoms with E-state index < -0.39 is 0 Å². The maximum Gasteiger partial charge on any atom is 0.242 e. The van der Waals surface area contributed by atoms with Gasteiger partial charge in [-0.1, -0.05) is 25.1 Å². The van der Waals surface area contributed by atoms with Gasteiger partial charge in [0, 0.05) is 56.7 Å². The summed E-state index contributed by atoms with van der Waals surface area (Å²) in [5.74, 6) is 0.000246. The lowest BCUT2D eigenvalue weighted by molar-refractivity contribution is -0.140. The Kier molecular flexibility index (Phi) is 5.93. The zero-order chi connectivity index (χ0) is 18.5. The Morgan fingerprint density at radius 1 is 1.15 bits per heavy atom. The van der Waals surface area contributed by atoms with Crippen molar-refractivity contribution in [3.8, 4) is 0 Å². The summed E-state index contributed by atoms with van der Waals surface area (Å²) in [7, 11) is 0. The first-order valence-corrected chi connectivity index (χ1v) is 9.39. The fourth-order valence-corrected chi connectivity index (χ4v) is 3.52. The molecule has 1 aromatic carbocycles. The second kappa shape index (κ2) is 8.36. The zero-order valence-corrected chi connectivity index (χ0v) is 15.7. The number of carbonyl (C=O) groups excluding carboxylic acids is 2. The lowest BCUT2D eigenvalue weighted by Crippen LogP contribution is -2.51. The monoisotopic (exact) mass is 356 g/mol. The molecule has 0 spiro atoms. The van der Waals surface area contributed by atoms with Crippen LogP contribution in [0, 0.1) is 0 Å². The molecule has 0 aliphatic carbocycles. The van der Waals surface area contributed by atoms with Crippen LogP contribution in [-0.2, 0) is 16.0 Å². The predicted octanol–water partition coefficient (Wildman–Crippen LogP) is 1.72. The van der Waals surface area contributed by atoms with Gasteiger partial charge < -0.3 is 19.7 Å². The van der Waals surface area contributed by atoms with Crippen molar-refractivity contribution >= 4 is 22.7 Å². The Hall–Kier alpha value is -2.34. The van der Waals surface area contributed by atoms with Crippen LogP contribution in [0.2, 0.25) is 0 Å². The molecule has 1 aliphatic heterocycles. The van der Waals surface area contributed by atoms with Gasteiger partial charge in [0.15, 0.2) is 0 Å². The number of amides is 2. The summed E-state index contributed by atoms with van der Waals surface area (Å²) in [5.41, 5.74) is 2.28. The third kappa shape index (κ3) is 4.25. The van der Waals surface area contributed by atoms with E-state index in [0.29, 0.717) is 6.54 Å². The molecule has 0 atom stereocenters. The van der Waals surface area contributed by atoms with E-state index in [1.165, 1.54) is 17.9 Å². The third-order valence-electron chi connectivity index (χ3n) is 5.27. The number of nitrogens with zero attached hydrogens (tertiary/aromatic N) is 3. The molecule has 2 aromatic rings. The number of piperazine rings is 1. The number of aromatic amines is 1. The van der Waals surface area contributed by atoms with E-state index in [1.807, 2.05) is 29.3 Å². The van der Waals surface area contributed by atoms with E-state index in [1.54, 1.807) is 4.90 Å². The number of likely N-dealkylation sites (N-methyl/N-ethyl adjacent to an activating group) is 1. The van der Waals surface area contributed by atoms with Gasteiger partial charge in [0.1, 0.15) is 0 Å². The Labute approximate surface area is 154 Å². The smallest absolute Gasteiger partial charge is 0.242 e. The van der Waals surface area contributed by atoms with Crippen molar-refractivity contribution in [3.05, 3.63) is 36.0 Å². The summed E-state index contributed by atoms with van der Waals surface area (Å²) in [6.07, 6.45) is 2.73. The second-order valence-electron chi connectivity index (χ2n) is 6.87. The van der Waals surface area contributed by atoms with E-state index in [2.05, 4.69) is 22.9 Å². The second-order valence-corrected chi connectivity index (χ2v) is 6.87. The molecule has 6 heteroatoms. The lowest BCUT2D eigenvalue weighted by Gasteiger charge is -2.35. The average Bonchev–Trinajstić information content (AvgIpc) is 3.08. The highest BCUT2D eigenvalue weighted by Gasteiger charge is 2.23. The van der Waals surface area contributed by atoms with Gasteiger partial charge in [0.25, 0.3) is 0 Å². The highest BCUT2D eigenvalue weighted by Crippen LogP contribution is 2.18. The summed E-state index contributed by atoms with van der Waals surface area (Å²) in [6.45, 7) is 8.75.